The van der Waals surface area contributed by atoms with Gasteiger partial charge in [-0.15, -0.1) is 0 Å². The van der Waals surface area contributed by atoms with Crippen LogP contribution in [0.15, 0.2) is 43.0 Å². The second kappa shape index (κ2) is 7.18. The standard InChI is InChI=1S/C18H21N3O/c1-14(18-3-2-8-21-18)22-17-11-16(12-20-13-17)5-4-15-6-9-19-10-7-15/h4-7,9-14,18,21H,2-3,8H2,1H3/t14?,18-/m0/s1. The van der Waals surface area contributed by atoms with E-state index in [0.717, 1.165) is 23.4 Å². The van der Waals surface area contributed by atoms with Gasteiger partial charge >= 0.3 is 0 Å². The molecule has 0 saturated carbocycles. The molecule has 3 rings (SSSR count). The van der Waals surface area contributed by atoms with Gasteiger partial charge in [-0.25, -0.2) is 0 Å². The molecule has 0 aliphatic carbocycles. The van der Waals surface area contributed by atoms with Crippen molar-refractivity contribution in [2.45, 2.75) is 31.9 Å². The van der Waals surface area contributed by atoms with Crippen molar-refractivity contribution in [3.63, 3.8) is 0 Å². The highest BCUT2D eigenvalue weighted by atomic mass is 16.5. The fraction of sp³-hybridized carbons (Fsp3) is 0.333. The van der Waals surface area contributed by atoms with E-state index >= 15 is 0 Å². The van der Waals surface area contributed by atoms with Gasteiger partial charge in [0.15, 0.2) is 0 Å². The number of ether oxygens (including phenoxy) is 1. The molecule has 0 amide bonds. The maximum atomic E-state index is 6.02. The molecule has 1 N–H and O–H groups in total. The number of nitrogens with zero attached hydrogens (tertiary/aromatic N) is 2. The van der Waals surface area contributed by atoms with Crippen LogP contribution in [-0.2, 0) is 0 Å². The highest BCUT2D eigenvalue weighted by Gasteiger charge is 2.22. The van der Waals surface area contributed by atoms with Crippen LogP contribution in [0.1, 0.15) is 30.9 Å². The minimum Gasteiger partial charge on any atom is -0.487 e. The molecule has 4 nitrogen and oxygen atoms in total. The molecular weight excluding hydrogens is 274 g/mol. The Morgan fingerprint density at radius 2 is 2.00 bits per heavy atom. The first-order chi connectivity index (χ1) is 10.8. The van der Waals surface area contributed by atoms with Crippen molar-refractivity contribution in [3.05, 3.63) is 54.1 Å². The third-order valence-corrected chi connectivity index (χ3v) is 3.90. The normalized spacial score (nSPS) is 19.4. The number of pyridine rings is 2. The molecule has 3 heterocycles. The second-order valence-corrected chi connectivity index (χ2v) is 5.59. The largest absolute Gasteiger partial charge is 0.487 e. The van der Waals surface area contributed by atoms with Crippen LogP contribution < -0.4 is 10.1 Å². The summed E-state index contributed by atoms with van der Waals surface area (Å²) < 4.78 is 6.02. The van der Waals surface area contributed by atoms with Crippen LogP contribution in [0, 0.1) is 0 Å². The lowest BCUT2D eigenvalue weighted by Gasteiger charge is -2.21. The van der Waals surface area contributed by atoms with E-state index in [1.807, 2.05) is 36.5 Å². The van der Waals surface area contributed by atoms with Crippen molar-refractivity contribution in [2.24, 2.45) is 0 Å². The van der Waals surface area contributed by atoms with Crippen LogP contribution in [0.4, 0.5) is 0 Å². The summed E-state index contributed by atoms with van der Waals surface area (Å²) in [5.41, 5.74) is 2.14. The molecule has 2 atom stereocenters. The molecule has 2 aromatic heterocycles. The third-order valence-electron chi connectivity index (χ3n) is 3.90. The number of rotatable bonds is 5. The summed E-state index contributed by atoms with van der Waals surface area (Å²) in [5.74, 6) is 0.818. The fourth-order valence-electron chi connectivity index (χ4n) is 2.67. The van der Waals surface area contributed by atoms with Gasteiger partial charge in [0.2, 0.25) is 0 Å². The highest BCUT2D eigenvalue weighted by molar-refractivity contribution is 5.69. The average molecular weight is 295 g/mol. The topological polar surface area (TPSA) is 47.0 Å². The Morgan fingerprint density at radius 1 is 1.18 bits per heavy atom. The lowest BCUT2D eigenvalue weighted by atomic mass is 10.1. The van der Waals surface area contributed by atoms with Crippen LogP contribution >= 0.6 is 0 Å². The molecule has 1 fully saturated rings. The van der Waals surface area contributed by atoms with E-state index < -0.39 is 0 Å². The summed E-state index contributed by atoms with van der Waals surface area (Å²) in [4.78, 5) is 8.28. The molecule has 114 valence electrons. The summed E-state index contributed by atoms with van der Waals surface area (Å²) in [6, 6.07) is 6.41. The van der Waals surface area contributed by atoms with Gasteiger partial charge in [0.1, 0.15) is 11.9 Å². The molecule has 1 aliphatic heterocycles. The maximum Gasteiger partial charge on any atom is 0.138 e. The first kappa shape index (κ1) is 14.7. The number of nitrogens with one attached hydrogen (secondary N) is 1. The predicted molar refractivity (Wildman–Crippen MR) is 88.5 cm³/mol. The van der Waals surface area contributed by atoms with E-state index in [1.54, 1.807) is 18.6 Å². The van der Waals surface area contributed by atoms with Gasteiger partial charge in [-0.05, 0) is 55.6 Å². The van der Waals surface area contributed by atoms with E-state index in [-0.39, 0.29) is 6.10 Å². The molecule has 22 heavy (non-hydrogen) atoms. The van der Waals surface area contributed by atoms with Gasteiger partial charge in [0.25, 0.3) is 0 Å². The average Bonchev–Trinajstić information content (AvgIpc) is 3.09. The fourth-order valence-corrected chi connectivity index (χ4v) is 2.67. The smallest absolute Gasteiger partial charge is 0.138 e. The Morgan fingerprint density at radius 3 is 2.77 bits per heavy atom. The third kappa shape index (κ3) is 3.92. The molecule has 0 aromatic carbocycles. The molecule has 2 aromatic rings. The van der Waals surface area contributed by atoms with E-state index in [4.69, 9.17) is 4.74 Å². The molecule has 0 radical (unpaired) electrons. The lowest BCUT2D eigenvalue weighted by molar-refractivity contribution is 0.179. The van der Waals surface area contributed by atoms with E-state index in [0.29, 0.717) is 6.04 Å². The quantitative estimate of drug-likeness (QED) is 0.920. The Kier molecular flexibility index (Phi) is 4.81. The van der Waals surface area contributed by atoms with Crippen molar-refractivity contribution in [1.29, 1.82) is 0 Å². The summed E-state index contributed by atoms with van der Waals surface area (Å²) in [6.45, 7) is 3.20. The Bertz CT molecular complexity index is 621. The number of aromatic nitrogens is 2. The minimum atomic E-state index is 0.156. The van der Waals surface area contributed by atoms with Gasteiger partial charge in [-0.2, -0.15) is 0 Å². The van der Waals surface area contributed by atoms with Crippen LogP contribution in [0.3, 0.4) is 0 Å². The Balaban J connectivity index is 1.66. The predicted octanol–water partition coefficient (Wildman–Crippen LogP) is 3.17. The van der Waals surface area contributed by atoms with E-state index in [2.05, 4.69) is 22.2 Å². The summed E-state index contributed by atoms with van der Waals surface area (Å²) in [7, 11) is 0. The molecular formula is C18H21N3O. The van der Waals surface area contributed by atoms with E-state index in [9.17, 15) is 0 Å². The first-order valence-corrected chi connectivity index (χ1v) is 7.74. The molecule has 0 spiro atoms. The van der Waals surface area contributed by atoms with Crippen molar-refractivity contribution >= 4 is 12.2 Å². The van der Waals surface area contributed by atoms with E-state index in [1.165, 1.54) is 12.8 Å². The summed E-state index contributed by atoms with van der Waals surface area (Å²) in [6.07, 6.45) is 13.8. The van der Waals surface area contributed by atoms with Gasteiger partial charge in [-0.3, -0.25) is 9.97 Å². The van der Waals surface area contributed by atoms with Crippen LogP contribution in [0.25, 0.3) is 12.2 Å². The van der Waals surface area contributed by atoms with Gasteiger partial charge in [-0.1, -0.05) is 12.2 Å². The van der Waals surface area contributed by atoms with Crippen molar-refractivity contribution in [2.75, 3.05) is 6.54 Å². The van der Waals surface area contributed by atoms with Crippen molar-refractivity contribution in [3.8, 4) is 5.75 Å². The summed E-state index contributed by atoms with van der Waals surface area (Å²) in [5, 5.41) is 3.47. The van der Waals surface area contributed by atoms with Crippen molar-refractivity contribution in [1.82, 2.24) is 15.3 Å². The maximum absolute atomic E-state index is 6.02. The zero-order valence-corrected chi connectivity index (χ0v) is 12.8. The summed E-state index contributed by atoms with van der Waals surface area (Å²) >= 11 is 0. The molecule has 4 heteroatoms. The Hall–Kier alpha value is -2.20. The molecule has 1 aliphatic rings. The van der Waals surface area contributed by atoms with Gasteiger partial charge < -0.3 is 10.1 Å². The van der Waals surface area contributed by atoms with Crippen LogP contribution in [0.5, 0.6) is 5.75 Å². The number of hydrogen-bond acceptors (Lipinski definition) is 4. The minimum absolute atomic E-state index is 0.156. The zero-order chi connectivity index (χ0) is 15.2. The molecule has 1 unspecified atom stereocenters. The van der Waals surface area contributed by atoms with Crippen LogP contribution in [-0.4, -0.2) is 28.7 Å². The number of hydrogen-bond donors (Lipinski definition) is 1. The van der Waals surface area contributed by atoms with Crippen molar-refractivity contribution < 1.29 is 4.74 Å². The SMILES string of the molecule is CC(Oc1cncc(C=Cc2ccncc2)c1)[C@@H]1CCCN1. The molecule has 1 saturated heterocycles. The monoisotopic (exact) mass is 295 g/mol. The second-order valence-electron chi connectivity index (χ2n) is 5.59. The van der Waals surface area contributed by atoms with Crippen LogP contribution in [0.2, 0.25) is 0 Å². The molecule has 0 bridgehead atoms. The zero-order valence-electron chi connectivity index (χ0n) is 12.8. The Labute approximate surface area is 131 Å². The van der Waals surface area contributed by atoms with Gasteiger partial charge in [0, 0.05) is 24.6 Å². The lowest BCUT2D eigenvalue weighted by Crippen LogP contribution is -2.36. The first-order valence-electron chi connectivity index (χ1n) is 7.74. The highest BCUT2D eigenvalue weighted by Crippen LogP contribution is 2.18. The van der Waals surface area contributed by atoms with Gasteiger partial charge in [0.05, 0.1) is 6.20 Å².